The summed E-state index contributed by atoms with van der Waals surface area (Å²) in [5.41, 5.74) is 2.07. The summed E-state index contributed by atoms with van der Waals surface area (Å²) in [7, 11) is 0. The highest BCUT2D eigenvalue weighted by Gasteiger charge is 2.44. The minimum Gasteiger partial charge on any atom is -0.370 e. The predicted octanol–water partition coefficient (Wildman–Crippen LogP) is 4.98. The van der Waals surface area contributed by atoms with E-state index in [2.05, 4.69) is 57.2 Å². The number of anilines is 1. The van der Waals surface area contributed by atoms with Crippen LogP contribution in [-0.4, -0.2) is 13.1 Å². The minimum absolute atomic E-state index is 0.675. The molecule has 0 unspecified atom stereocenters. The van der Waals surface area contributed by atoms with Crippen molar-refractivity contribution >= 4 is 32.4 Å². The van der Waals surface area contributed by atoms with Crippen LogP contribution in [0.2, 0.25) is 0 Å². The number of benzene rings is 2. The van der Waals surface area contributed by atoms with Gasteiger partial charge in [-0.2, -0.15) is 0 Å². The zero-order valence-electron chi connectivity index (χ0n) is 11.0. The lowest BCUT2D eigenvalue weighted by Gasteiger charge is -2.49. The molecule has 0 atom stereocenters. The Morgan fingerprint density at radius 3 is 2.37 bits per heavy atom. The number of rotatable bonds is 1. The molecule has 0 amide bonds. The Balaban J connectivity index is 1.61. The van der Waals surface area contributed by atoms with Crippen molar-refractivity contribution in [2.24, 2.45) is 5.41 Å². The molecule has 1 spiro atoms. The maximum absolute atomic E-state index is 3.53. The molecule has 2 aromatic rings. The van der Waals surface area contributed by atoms with Crippen molar-refractivity contribution in [2.75, 3.05) is 18.0 Å². The Morgan fingerprint density at radius 1 is 0.895 bits per heavy atom. The first kappa shape index (κ1) is 11.8. The molecule has 2 aromatic carbocycles. The average Bonchev–Trinajstić information content (AvgIpc) is 2.86. The Kier molecular flexibility index (Phi) is 2.63. The quantitative estimate of drug-likeness (QED) is 0.717. The largest absolute Gasteiger partial charge is 0.370 e. The normalized spacial score (nSPS) is 21.0. The Morgan fingerprint density at radius 2 is 1.58 bits per heavy atom. The number of nitrogens with zero attached hydrogens (tertiary/aromatic N) is 1. The fourth-order valence-corrected chi connectivity index (χ4v) is 4.17. The van der Waals surface area contributed by atoms with E-state index in [1.807, 2.05) is 0 Å². The molecule has 1 aliphatic carbocycles. The third kappa shape index (κ3) is 1.97. The topological polar surface area (TPSA) is 3.24 Å². The first-order valence-corrected chi connectivity index (χ1v) is 7.98. The summed E-state index contributed by atoms with van der Waals surface area (Å²) in [6.07, 6.45) is 5.78. The second kappa shape index (κ2) is 4.24. The SMILES string of the molecule is Brc1ccc2cc(N3CC4(CCCC4)C3)ccc2c1. The smallest absolute Gasteiger partial charge is 0.0373 e. The summed E-state index contributed by atoms with van der Waals surface area (Å²) < 4.78 is 1.15. The molecule has 1 nitrogen and oxygen atoms in total. The first-order chi connectivity index (χ1) is 9.24. The van der Waals surface area contributed by atoms with Crippen molar-refractivity contribution in [3.05, 3.63) is 40.9 Å². The molecule has 2 heteroatoms. The molecular formula is C17H18BrN. The van der Waals surface area contributed by atoms with Crippen molar-refractivity contribution < 1.29 is 0 Å². The van der Waals surface area contributed by atoms with Crippen LogP contribution in [0.15, 0.2) is 40.9 Å². The number of hydrogen-bond acceptors (Lipinski definition) is 1. The van der Waals surface area contributed by atoms with Gasteiger partial charge in [0.25, 0.3) is 0 Å². The van der Waals surface area contributed by atoms with Crippen molar-refractivity contribution in [1.29, 1.82) is 0 Å². The zero-order chi connectivity index (χ0) is 12.9. The summed E-state index contributed by atoms with van der Waals surface area (Å²) in [5, 5.41) is 2.65. The molecule has 1 saturated heterocycles. The van der Waals surface area contributed by atoms with Crippen molar-refractivity contribution in [3.63, 3.8) is 0 Å². The molecule has 98 valence electrons. The Labute approximate surface area is 122 Å². The first-order valence-electron chi connectivity index (χ1n) is 7.19. The molecule has 2 aliphatic rings. The van der Waals surface area contributed by atoms with Crippen molar-refractivity contribution in [3.8, 4) is 0 Å². The minimum atomic E-state index is 0.675. The van der Waals surface area contributed by atoms with E-state index >= 15 is 0 Å². The molecule has 2 fully saturated rings. The maximum Gasteiger partial charge on any atom is 0.0373 e. The van der Waals surface area contributed by atoms with Gasteiger partial charge in [-0.1, -0.05) is 40.9 Å². The van der Waals surface area contributed by atoms with Crippen LogP contribution >= 0.6 is 15.9 Å². The number of fused-ring (bicyclic) bond motifs is 1. The average molecular weight is 316 g/mol. The summed E-state index contributed by atoms with van der Waals surface area (Å²) >= 11 is 3.53. The van der Waals surface area contributed by atoms with Gasteiger partial charge in [-0.3, -0.25) is 0 Å². The van der Waals surface area contributed by atoms with Crippen LogP contribution in [0.25, 0.3) is 10.8 Å². The van der Waals surface area contributed by atoms with Crippen LogP contribution in [-0.2, 0) is 0 Å². The summed E-state index contributed by atoms with van der Waals surface area (Å²) in [6.45, 7) is 2.55. The van der Waals surface area contributed by atoms with E-state index in [0.717, 1.165) is 4.47 Å². The fourth-order valence-electron chi connectivity index (χ4n) is 3.79. The summed E-state index contributed by atoms with van der Waals surface area (Å²) in [6, 6.07) is 13.4. The fraction of sp³-hybridized carbons (Fsp3) is 0.412. The lowest BCUT2D eigenvalue weighted by molar-refractivity contribution is 0.222. The maximum atomic E-state index is 3.53. The van der Waals surface area contributed by atoms with Crippen LogP contribution in [0.4, 0.5) is 5.69 Å². The summed E-state index contributed by atoms with van der Waals surface area (Å²) in [4.78, 5) is 2.55. The standard InChI is InChI=1S/C17H18BrN/c18-15-5-3-14-10-16(6-4-13(14)9-15)19-11-17(12-19)7-1-2-8-17/h3-6,9-10H,1-2,7-8,11-12H2. The van der Waals surface area contributed by atoms with E-state index in [0.29, 0.717) is 5.41 Å². The molecular weight excluding hydrogens is 298 g/mol. The van der Waals surface area contributed by atoms with Gasteiger partial charge < -0.3 is 4.90 Å². The van der Waals surface area contributed by atoms with Gasteiger partial charge in [0.2, 0.25) is 0 Å². The van der Waals surface area contributed by atoms with Gasteiger partial charge in [0.1, 0.15) is 0 Å². The third-order valence-electron chi connectivity index (χ3n) is 4.87. The number of halogens is 1. The van der Waals surface area contributed by atoms with Crippen molar-refractivity contribution in [2.45, 2.75) is 25.7 Å². The third-order valence-corrected chi connectivity index (χ3v) is 5.36. The Hall–Kier alpha value is -1.02. The van der Waals surface area contributed by atoms with Crippen LogP contribution in [0, 0.1) is 5.41 Å². The molecule has 0 radical (unpaired) electrons. The second-order valence-electron chi connectivity index (χ2n) is 6.24. The highest BCUT2D eigenvalue weighted by Crippen LogP contribution is 2.47. The van der Waals surface area contributed by atoms with Crippen LogP contribution < -0.4 is 4.90 Å². The molecule has 1 aliphatic heterocycles. The van der Waals surface area contributed by atoms with E-state index in [1.54, 1.807) is 0 Å². The highest BCUT2D eigenvalue weighted by molar-refractivity contribution is 9.10. The van der Waals surface area contributed by atoms with Gasteiger partial charge in [0, 0.05) is 28.7 Å². The van der Waals surface area contributed by atoms with E-state index in [1.165, 1.54) is 55.2 Å². The summed E-state index contributed by atoms with van der Waals surface area (Å²) in [5.74, 6) is 0. The van der Waals surface area contributed by atoms with Crippen LogP contribution in [0.5, 0.6) is 0 Å². The predicted molar refractivity (Wildman–Crippen MR) is 84.8 cm³/mol. The van der Waals surface area contributed by atoms with Gasteiger partial charge in [-0.05, 0) is 47.9 Å². The monoisotopic (exact) mass is 315 g/mol. The van der Waals surface area contributed by atoms with Gasteiger partial charge >= 0.3 is 0 Å². The lowest BCUT2D eigenvalue weighted by Crippen LogP contribution is -2.55. The second-order valence-corrected chi connectivity index (χ2v) is 7.15. The lowest BCUT2D eigenvalue weighted by atomic mass is 9.78. The highest BCUT2D eigenvalue weighted by atomic mass is 79.9. The van der Waals surface area contributed by atoms with Gasteiger partial charge in [0.15, 0.2) is 0 Å². The van der Waals surface area contributed by atoms with Crippen LogP contribution in [0.3, 0.4) is 0 Å². The van der Waals surface area contributed by atoms with Crippen molar-refractivity contribution in [1.82, 2.24) is 0 Å². The van der Waals surface area contributed by atoms with E-state index in [9.17, 15) is 0 Å². The molecule has 4 rings (SSSR count). The molecule has 0 aromatic heterocycles. The molecule has 0 N–H and O–H groups in total. The Bertz CT molecular complexity index is 620. The number of hydrogen-bond donors (Lipinski definition) is 0. The van der Waals surface area contributed by atoms with Crippen LogP contribution in [0.1, 0.15) is 25.7 Å². The van der Waals surface area contributed by atoms with E-state index in [-0.39, 0.29) is 0 Å². The van der Waals surface area contributed by atoms with Gasteiger partial charge in [0.05, 0.1) is 0 Å². The molecule has 1 heterocycles. The molecule has 1 saturated carbocycles. The van der Waals surface area contributed by atoms with E-state index in [4.69, 9.17) is 0 Å². The van der Waals surface area contributed by atoms with Gasteiger partial charge in [-0.15, -0.1) is 0 Å². The van der Waals surface area contributed by atoms with E-state index < -0.39 is 0 Å². The van der Waals surface area contributed by atoms with Gasteiger partial charge in [-0.25, -0.2) is 0 Å². The molecule has 19 heavy (non-hydrogen) atoms. The molecule has 0 bridgehead atoms. The zero-order valence-corrected chi connectivity index (χ0v) is 12.6.